The Morgan fingerprint density at radius 2 is 1.80 bits per heavy atom. The fraction of sp³-hybridized carbons (Fsp3) is 0.500. The van der Waals surface area contributed by atoms with Gasteiger partial charge in [-0.05, 0) is 24.6 Å². The highest BCUT2D eigenvalue weighted by atomic mass is 32.2. The fourth-order valence-corrected chi connectivity index (χ4v) is 3.48. The van der Waals surface area contributed by atoms with Crippen molar-refractivity contribution in [3.63, 3.8) is 0 Å². The SMILES string of the molecule is CCCCCNS(=O)(=O)c1cc(S(C)(=O)=O)ccc1F. The van der Waals surface area contributed by atoms with Crippen molar-refractivity contribution in [2.75, 3.05) is 12.8 Å². The van der Waals surface area contributed by atoms with Crippen LogP contribution in [-0.2, 0) is 19.9 Å². The summed E-state index contributed by atoms with van der Waals surface area (Å²) in [5, 5.41) is 0. The van der Waals surface area contributed by atoms with Crippen LogP contribution in [0.1, 0.15) is 26.2 Å². The molecule has 0 aliphatic heterocycles. The Morgan fingerprint density at radius 1 is 1.15 bits per heavy atom. The van der Waals surface area contributed by atoms with Gasteiger partial charge in [-0.2, -0.15) is 0 Å². The van der Waals surface area contributed by atoms with Gasteiger partial charge in [0.2, 0.25) is 10.0 Å². The third-order valence-electron chi connectivity index (χ3n) is 2.69. The molecule has 0 heterocycles. The number of nitrogens with one attached hydrogen (secondary N) is 1. The zero-order valence-electron chi connectivity index (χ0n) is 11.4. The molecule has 0 spiro atoms. The van der Waals surface area contributed by atoms with Crippen molar-refractivity contribution >= 4 is 19.9 Å². The normalized spacial score (nSPS) is 12.6. The van der Waals surface area contributed by atoms with Gasteiger partial charge >= 0.3 is 0 Å². The first-order valence-electron chi connectivity index (χ1n) is 6.17. The lowest BCUT2D eigenvalue weighted by Crippen LogP contribution is -2.26. The molecule has 114 valence electrons. The van der Waals surface area contributed by atoms with Crippen LogP contribution in [0.2, 0.25) is 0 Å². The Hall–Kier alpha value is -0.990. The van der Waals surface area contributed by atoms with Crippen molar-refractivity contribution in [1.82, 2.24) is 4.72 Å². The Kier molecular flexibility index (Phi) is 5.67. The summed E-state index contributed by atoms with van der Waals surface area (Å²) in [4.78, 5) is -0.871. The topological polar surface area (TPSA) is 80.3 Å². The average Bonchev–Trinajstić information content (AvgIpc) is 2.33. The van der Waals surface area contributed by atoms with Crippen LogP contribution >= 0.6 is 0 Å². The van der Waals surface area contributed by atoms with E-state index in [1.54, 1.807) is 0 Å². The van der Waals surface area contributed by atoms with Crippen LogP contribution in [0.25, 0.3) is 0 Å². The number of sulfone groups is 1. The lowest BCUT2D eigenvalue weighted by molar-refractivity contribution is 0.552. The number of halogens is 1. The van der Waals surface area contributed by atoms with Crippen molar-refractivity contribution in [3.8, 4) is 0 Å². The molecule has 1 rings (SSSR count). The molecule has 0 radical (unpaired) electrons. The summed E-state index contributed by atoms with van der Waals surface area (Å²) in [6.45, 7) is 2.17. The van der Waals surface area contributed by atoms with E-state index in [1.165, 1.54) is 0 Å². The van der Waals surface area contributed by atoms with E-state index in [4.69, 9.17) is 0 Å². The maximum atomic E-state index is 13.6. The predicted octanol–water partition coefficient (Wildman–Crippen LogP) is 1.70. The molecule has 0 aliphatic carbocycles. The number of hydrogen-bond acceptors (Lipinski definition) is 4. The van der Waals surface area contributed by atoms with Gasteiger partial charge in [-0.25, -0.2) is 25.9 Å². The maximum absolute atomic E-state index is 13.6. The summed E-state index contributed by atoms with van der Waals surface area (Å²) in [6.07, 6.45) is 3.36. The fourth-order valence-electron chi connectivity index (χ4n) is 1.58. The lowest BCUT2D eigenvalue weighted by atomic mass is 10.3. The number of sulfonamides is 1. The second-order valence-corrected chi connectivity index (χ2v) is 8.22. The van der Waals surface area contributed by atoms with Crippen molar-refractivity contribution in [1.29, 1.82) is 0 Å². The standard InChI is InChI=1S/C12H18FNO4S2/c1-3-4-5-8-14-20(17,18)12-9-10(19(2,15)16)6-7-11(12)13/h6-7,9,14H,3-5,8H2,1-2H3. The van der Waals surface area contributed by atoms with E-state index >= 15 is 0 Å². The number of hydrogen-bond donors (Lipinski definition) is 1. The molecular formula is C12H18FNO4S2. The summed E-state index contributed by atoms with van der Waals surface area (Å²) >= 11 is 0. The molecule has 0 saturated carbocycles. The monoisotopic (exact) mass is 323 g/mol. The Labute approximate surface area is 119 Å². The highest BCUT2D eigenvalue weighted by molar-refractivity contribution is 7.91. The molecule has 0 aromatic heterocycles. The van der Waals surface area contributed by atoms with Gasteiger partial charge in [-0.15, -0.1) is 0 Å². The predicted molar refractivity (Wildman–Crippen MR) is 74.2 cm³/mol. The van der Waals surface area contributed by atoms with Crippen LogP contribution in [0.15, 0.2) is 28.0 Å². The molecule has 5 nitrogen and oxygen atoms in total. The molecule has 1 aromatic carbocycles. The molecule has 0 aliphatic rings. The van der Waals surface area contributed by atoms with E-state index in [1.807, 2.05) is 6.92 Å². The van der Waals surface area contributed by atoms with Crippen LogP contribution < -0.4 is 4.72 Å². The highest BCUT2D eigenvalue weighted by Gasteiger charge is 2.21. The van der Waals surface area contributed by atoms with E-state index < -0.39 is 30.6 Å². The molecule has 0 bridgehead atoms. The first kappa shape index (κ1) is 17.1. The van der Waals surface area contributed by atoms with Crippen LogP contribution in [0.4, 0.5) is 4.39 Å². The number of unbranched alkanes of at least 4 members (excludes halogenated alkanes) is 2. The molecule has 0 unspecified atom stereocenters. The van der Waals surface area contributed by atoms with Gasteiger partial charge in [0.1, 0.15) is 10.7 Å². The largest absolute Gasteiger partial charge is 0.243 e. The van der Waals surface area contributed by atoms with Gasteiger partial charge in [-0.3, -0.25) is 0 Å². The molecule has 0 amide bonds. The molecule has 0 fully saturated rings. The summed E-state index contributed by atoms with van der Waals surface area (Å²) < 4.78 is 62.6. The highest BCUT2D eigenvalue weighted by Crippen LogP contribution is 2.19. The first-order valence-corrected chi connectivity index (χ1v) is 9.55. The van der Waals surface area contributed by atoms with Crippen LogP contribution in [0.5, 0.6) is 0 Å². The van der Waals surface area contributed by atoms with E-state index in [0.717, 1.165) is 37.3 Å². The number of rotatable bonds is 7. The molecule has 0 atom stereocenters. The number of benzene rings is 1. The second kappa shape index (κ2) is 6.64. The Balaban J connectivity index is 3.05. The van der Waals surface area contributed by atoms with Gasteiger partial charge in [0.15, 0.2) is 9.84 Å². The molecule has 1 aromatic rings. The molecule has 0 saturated heterocycles. The van der Waals surface area contributed by atoms with Gasteiger partial charge in [0.25, 0.3) is 0 Å². The minimum Gasteiger partial charge on any atom is -0.224 e. The molecule has 1 N–H and O–H groups in total. The van der Waals surface area contributed by atoms with E-state index in [2.05, 4.69) is 4.72 Å². The third kappa shape index (κ3) is 4.53. The van der Waals surface area contributed by atoms with Crippen molar-refractivity contribution in [2.24, 2.45) is 0 Å². The molecule has 8 heteroatoms. The Morgan fingerprint density at radius 3 is 2.35 bits per heavy atom. The van der Waals surface area contributed by atoms with Crippen molar-refractivity contribution in [3.05, 3.63) is 24.0 Å². The van der Waals surface area contributed by atoms with Gasteiger partial charge < -0.3 is 0 Å². The average molecular weight is 323 g/mol. The molecule has 20 heavy (non-hydrogen) atoms. The van der Waals surface area contributed by atoms with Gasteiger partial charge in [-0.1, -0.05) is 19.8 Å². The zero-order valence-corrected chi connectivity index (χ0v) is 13.0. The third-order valence-corrected chi connectivity index (χ3v) is 5.28. The van der Waals surface area contributed by atoms with E-state index in [9.17, 15) is 21.2 Å². The molecular weight excluding hydrogens is 305 g/mol. The van der Waals surface area contributed by atoms with Gasteiger partial charge in [0.05, 0.1) is 4.90 Å². The van der Waals surface area contributed by atoms with Gasteiger partial charge in [0, 0.05) is 12.8 Å². The van der Waals surface area contributed by atoms with Crippen LogP contribution in [0.3, 0.4) is 0 Å². The summed E-state index contributed by atoms with van der Waals surface area (Å²) in [5.74, 6) is -0.972. The van der Waals surface area contributed by atoms with Crippen LogP contribution in [0, 0.1) is 5.82 Å². The minimum atomic E-state index is -4.04. The maximum Gasteiger partial charge on any atom is 0.243 e. The second-order valence-electron chi connectivity index (χ2n) is 4.47. The van der Waals surface area contributed by atoms with Crippen LogP contribution in [-0.4, -0.2) is 29.6 Å². The van der Waals surface area contributed by atoms with Crippen molar-refractivity contribution < 1.29 is 21.2 Å². The quantitative estimate of drug-likeness (QED) is 0.612. The van der Waals surface area contributed by atoms with E-state index in [-0.39, 0.29) is 11.4 Å². The minimum absolute atomic E-state index is 0.193. The Bertz CT molecular complexity index is 669. The first-order chi connectivity index (χ1) is 9.18. The zero-order chi connectivity index (χ0) is 15.4. The summed E-state index contributed by atoms with van der Waals surface area (Å²) in [7, 11) is -7.63. The summed E-state index contributed by atoms with van der Waals surface area (Å²) in [6, 6.07) is 2.73. The van der Waals surface area contributed by atoms with E-state index in [0.29, 0.717) is 6.42 Å². The summed E-state index contributed by atoms with van der Waals surface area (Å²) in [5.41, 5.74) is 0. The van der Waals surface area contributed by atoms with Crippen molar-refractivity contribution in [2.45, 2.75) is 36.0 Å². The lowest BCUT2D eigenvalue weighted by Gasteiger charge is -2.08. The smallest absolute Gasteiger partial charge is 0.224 e.